The van der Waals surface area contributed by atoms with Gasteiger partial charge >= 0.3 is 0 Å². The summed E-state index contributed by atoms with van der Waals surface area (Å²) < 4.78 is 1.07. The molecule has 0 saturated carbocycles. The fourth-order valence-electron chi connectivity index (χ4n) is 3.30. The van der Waals surface area contributed by atoms with Crippen LogP contribution in [0.3, 0.4) is 0 Å². The maximum Gasteiger partial charge on any atom is 0.275 e. The third kappa shape index (κ3) is 3.10. The van der Waals surface area contributed by atoms with Crippen molar-refractivity contribution < 1.29 is 4.79 Å². The topological polar surface area (TPSA) is 71.0 Å². The number of rotatable bonds is 3. The van der Waals surface area contributed by atoms with Gasteiger partial charge in [0.2, 0.25) is 0 Å². The van der Waals surface area contributed by atoms with Gasteiger partial charge in [-0.2, -0.15) is 0 Å². The Hall–Kier alpha value is -3.06. The number of para-hydroxylation sites is 2. The summed E-state index contributed by atoms with van der Waals surface area (Å²) >= 11 is 1.67. The highest BCUT2D eigenvalue weighted by Gasteiger charge is 2.17. The van der Waals surface area contributed by atoms with Gasteiger partial charge in [-0.25, -0.2) is 9.97 Å². The lowest BCUT2D eigenvalue weighted by Gasteiger charge is -2.11. The zero-order valence-corrected chi connectivity index (χ0v) is 15.4. The molecule has 4 aromatic rings. The van der Waals surface area contributed by atoms with Crippen LogP contribution in [-0.4, -0.2) is 33.9 Å². The van der Waals surface area contributed by atoms with Crippen molar-refractivity contribution in [1.29, 1.82) is 0 Å². The van der Waals surface area contributed by atoms with Gasteiger partial charge in [-0.1, -0.05) is 23.5 Å². The van der Waals surface area contributed by atoms with E-state index in [1.807, 2.05) is 42.5 Å². The van der Waals surface area contributed by atoms with Crippen molar-refractivity contribution in [3.63, 3.8) is 0 Å². The summed E-state index contributed by atoms with van der Waals surface area (Å²) in [5, 5.41) is 3.98. The first-order valence-corrected chi connectivity index (χ1v) is 9.77. The van der Waals surface area contributed by atoms with Gasteiger partial charge in [0.1, 0.15) is 5.69 Å². The van der Waals surface area contributed by atoms with E-state index in [0.29, 0.717) is 11.2 Å². The summed E-state index contributed by atoms with van der Waals surface area (Å²) in [7, 11) is 0. The Kier molecular flexibility index (Phi) is 3.94. The second-order valence-electron chi connectivity index (χ2n) is 6.57. The number of benzene rings is 2. The minimum absolute atomic E-state index is 0.267. The van der Waals surface area contributed by atoms with Crippen LogP contribution in [0.25, 0.3) is 21.3 Å². The summed E-state index contributed by atoms with van der Waals surface area (Å²) in [6, 6.07) is 13.3. The van der Waals surface area contributed by atoms with Crippen LogP contribution in [0.4, 0.5) is 10.8 Å². The third-order valence-corrected chi connectivity index (χ3v) is 5.77. The van der Waals surface area contributed by atoms with Crippen molar-refractivity contribution in [1.82, 2.24) is 15.0 Å². The average Bonchev–Trinajstić information content (AvgIpc) is 3.36. The number of hydrogen-bond donors (Lipinski definition) is 1. The predicted molar refractivity (Wildman–Crippen MR) is 109 cm³/mol. The Bertz CT molecular complexity index is 1150. The lowest BCUT2D eigenvalue weighted by Crippen LogP contribution is -2.16. The van der Waals surface area contributed by atoms with Crippen LogP contribution in [0.15, 0.2) is 48.7 Å². The molecule has 1 N–H and O–H groups in total. The number of anilines is 2. The van der Waals surface area contributed by atoms with Crippen LogP contribution in [-0.2, 0) is 0 Å². The van der Waals surface area contributed by atoms with Crippen molar-refractivity contribution in [3.8, 4) is 0 Å². The second-order valence-corrected chi connectivity index (χ2v) is 7.58. The molecule has 7 heteroatoms. The van der Waals surface area contributed by atoms with Gasteiger partial charge in [0.15, 0.2) is 5.13 Å². The Morgan fingerprint density at radius 1 is 1.00 bits per heavy atom. The highest BCUT2D eigenvalue weighted by Crippen LogP contribution is 2.32. The van der Waals surface area contributed by atoms with E-state index in [9.17, 15) is 4.79 Å². The van der Waals surface area contributed by atoms with Crippen LogP contribution < -0.4 is 10.2 Å². The van der Waals surface area contributed by atoms with Crippen molar-refractivity contribution in [2.24, 2.45) is 0 Å². The zero-order chi connectivity index (χ0) is 18.2. The molecule has 0 aliphatic carbocycles. The molecular formula is C20H17N5OS. The van der Waals surface area contributed by atoms with Gasteiger partial charge in [0.05, 0.1) is 27.4 Å². The van der Waals surface area contributed by atoms with Gasteiger partial charge in [-0.05, 0) is 43.2 Å². The molecular weight excluding hydrogens is 358 g/mol. The van der Waals surface area contributed by atoms with Crippen LogP contribution in [0.2, 0.25) is 0 Å². The minimum Gasteiger partial charge on any atom is -0.348 e. The molecule has 0 spiro atoms. The molecule has 27 heavy (non-hydrogen) atoms. The smallest absolute Gasteiger partial charge is 0.275 e. The van der Waals surface area contributed by atoms with Gasteiger partial charge in [-0.3, -0.25) is 9.78 Å². The number of carbonyl (C=O) groups is 1. The molecule has 2 aromatic heterocycles. The van der Waals surface area contributed by atoms with Gasteiger partial charge in [0.25, 0.3) is 5.91 Å². The lowest BCUT2D eigenvalue weighted by molar-refractivity contribution is 0.102. The fourth-order valence-corrected chi connectivity index (χ4v) is 4.35. The van der Waals surface area contributed by atoms with Crippen molar-refractivity contribution in [2.45, 2.75) is 12.8 Å². The summed E-state index contributed by atoms with van der Waals surface area (Å²) in [6.07, 6.45) is 3.96. The van der Waals surface area contributed by atoms with Crippen molar-refractivity contribution >= 4 is 49.3 Å². The number of hydrogen-bond acceptors (Lipinski definition) is 6. The third-order valence-electron chi connectivity index (χ3n) is 4.69. The van der Waals surface area contributed by atoms with Gasteiger partial charge < -0.3 is 10.2 Å². The van der Waals surface area contributed by atoms with Crippen molar-refractivity contribution in [3.05, 3.63) is 54.4 Å². The Balaban J connectivity index is 1.40. The normalized spacial score (nSPS) is 14.1. The van der Waals surface area contributed by atoms with Crippen molar-refractivity contribution in [2.75, 3.05) is 23.3 Å². The molecule has 0 radical (unpaired) electrons. The second kappa shape index (κ2) is 6.59. The molecule has 0 unspecified atom stereocenters. The molecule has 3 heterocycles. The lowest BCUT2D eigenvalue weighted by atomic mass is 10.2. The fraction of sp³-hybridized carbons (Fsp3) is 0.200. The van der Waals surface area contributed by atoms with E-state index in [0.717, 1.165) is 39.6 Å². The van der Waals surface area contributed by atoms with Crippen LogP contribution >= 0.6 is 11.3 Å². The highest BCUT2D eigenvalue weighted by molar-refractivity contribution is 7.22. The van der Waals surface area contributed by atoms with E-state index >= 15 is 0 Å². The largest absolute Gasteiger partial charge is 0.348 e. The number of carbonyl (C=O) groups excluding carboxylic acids is 1. The Morgan fingerprint density at radius 3 is 2.67 bits per heavy atom. The zero-order valence-electron chi connectivity index (χ0n) is 14.6. The van der Waals surface area contributed by atoms with Crippen LogP contribution in [0, 0.1) is 0 Å². The van der Waals surface area contributed by atoms with E-state index < -0.39 is 0 Å². The van der Waals surface area contributed by atoms with Gasteiger partial charge in [0, 0.05) is 18.8 Å². The van der Waals surface area contributed by atoms with E-state index in [2.05, 4.69) is 20.2 Å². The minimum atomic E-state index is -0.267. The quantitative estimate of drug-likeness (QED) is 0.584. The average molecular weight is 375 g/mol. The maximum atomic E-state index is 12.6. The summed E-state index contributed by atoms with van der Waals surface area (Å²) in [5.74, 6) is -0.267. The molecule has 1 aliphatic heterocycles. The number of fused-ring (bicyclic) bond motifs is 2. The summed E-state index contributed by atoms with van der Waals surface area (Å²) in [4.78, 5) is 28.3. The standard InChI is InChI=1S/C20H17N5OS/c26-19(17-12-21-14-5-1-2-6-15(14)23-17)22-13-7-8-16-18(11-13)27-20(24-16)25-9-3-4-10-25/h1-2,5-8,11-12H,3-4,9-10H2,(H,22,26). The SMILES string of the molecule is O=C(Nc1ccc2nc(N3CCCC3)sc2c1)c1cnc2ccccc2n1. The summed E-state index contributed by atoms with van der Waals surface area (Å²) in [6.45, 7) is 2.15. The Labute approximate surface area is 159 Å². The molecule has 1 saturated heterocycles. The van der Waals surface area contributed by atoms with E-state index in [-0.39, 0.29) is 5.91 Å². The molecule has 2 aromatic carbocycles. The first kappa shape index (κ1) is 16.1. The molecule has 5 rings (SSSR count). The molecule has 6 nitrogen and oxygen atoms in total. The molecule has 1 aliphatic rings. The number of nitrogens with zero attached hydrogens (tertiary/aromatic N) is 4. The monoisotopic (exact) mass is 375 g/mol. The molecule has 0 bridgehead atoms. The molecule has 0 atom stereocenters. The number of nitrogens with one attached hydrogen (secondary N) is 1. The van der Waals surface area contributed by atoms with E-state index in [1.165, 1.54) is 19.0 Å². The van der Waals surface area contributed by atoms with E-state index in [4.69, 9.17) is 4.98 Å². The van der Waals surface area contributed by atoms with Crippen LogP contribution in [0.5, 0.6) is 0 Å². The first-order chi connectivity index (χ1) is 13.3. The number of amides is 1. The molecule has 1 amide bonds. The highest BCUT2D eigenvalue weighted by atomic mass is 32.1. The number of aromatic nitrogens is 3. The summed E-state index contributed by atoms with van der Waals surface area (Å²) in [5.41, 5.74) is 3.48. The van der Waals surface area contributed by atoms with Crippen LogP contribution in [0.1, 0.15) is 23.3 Å². The number of thiazole rings is 1. The molecule has 1 fully saturated rings. The maximum absolute atomic E-state index is 12.6. The Morgan fingerprint density at radius 2 is 1.81 bits per heavy atom. The van der Waals surface area contributed by atoms with E-state index in [1.54, 1.807) is 11.3 Å². The first-order valence-electron chi connectivity index (χ1n) is 8.95. The predicted octanol–water partition coefficient (Wildman–Crippen LogP) is 4.09. The molecule has 134 valence electrons. The van der Waals surface area contributed by atoms with Gasteiger partial charge in [-0.15, -0.1) is 0 Å².